The third-order valence-electron chi connectivity index (χ3n) is 3.67. The van der Waals surface area contributed by atoms with E-state index in [-0.39, 0.29) is 18.0 Å². The Balaban J connectivity index is 2.32. The molecule has 3 heteroatoms. The fraction of sp³-hybridized carbons (Fsp3) is 0.333. The number of halogens is 1. The predicted octanol–water partition coefficient (Wildman–Crippen LogP) is 4.30. The van der Waals surface area contributed by atoms with Crippen molar-refractivity contribution in [2.45, 2.75) is 39.3 Å². The molecule has 2 rings (SSSR count). The summed E-state index contributed by atoms with van der Waals surface area (Å²) in [5.74, 6) is 0.243. The Bertz CT molecular complexity index is 595. The van der Waals surface area contributed by atoms with Gasteiger partial charge in [0.05, 0.1) is 0 Å². The van der Waals surface area contributed by atoms with Crippen molar-refractivity contribution in [2.75, 3.05) is 0 Å². The van der Waals surface area contributed by atoms with Gasteiger partial charge in [-0.05, 0) is 37.5 Å². The van der Waals surface area contributed by atoms with Gasteiger partial charge in [-0.1, -0.05) is 42.8 Å². The molecule has 2 atom stereocenters. The van der Waals surface area contributed by atoms with Crippen LogP contribution < -0.4 is 10.5 Å². The normalized spacial score (nSPS) is 13.8. The summed E-state index contributed by atoms with van der Waals surface area (Å²) in [6.45, 7) is 5.96. The van der Waals surface area contributed by atoms with Crippen molar-refractivity contribution in [1.29, 1.82) is 0 Å². The summed E-state index contributed by atoms with van der Waals surface area (Å²) in [4.78, 5) is 0. The van der Waals surface area contributed by atoms with Crippen molar-refractivity contribution < 1.29 is 9.13 Å². The number of hydrogen-bond acceptors (Lipinski definition) is 2. The van der Waals surface area contributed by atoms with Gasteiger partial charge in [0.15, 0.2) is 0 Å². The summed E-state index contributed by atoms with van der Waals surface area (Å²) in [5.41, 5.74) is 9.30. The fourth-order valence-corrected chi connectivity index (χ4v) is 2.21. The molecule has 0 amide bonds. The SMILES string of the molecule is CCC(N)C(Oc1cc(F)ccc1C)c1ccc(C)cc1. The highest BCUT2D eigenvalue weighted by atomic mass is 19.1. The smallest absolute Gasteiger partial charge is 0.139 e. The molecule has 0 aliphatic rings. The minimum absolute atomic E-state index is 0.143. The molecule has 2 nitrogen and oxygen atoms in total. The maximum Gasteiger partial charge on any atom is 0.139 e. The quantitative estimate of drug-likeness (QED) is 0.890. The average Bonchev–Trinajstić information content (AvgIpc) is 2.48. The molecule has 0 aliphatic heterocycles. The number of aryl methyl sites for hydroxylation is 2. The molecule has 2 aromatic carbocycles. The van der Waals surface area contributed by atoms with E-state index in [1.54, 1.807) is 6.07 Å². The molecule has 112 valence electrons. The number of hydrogen-bond donors (Lipinski definition) is 1. The van der Waals surface area contributed by atoms with Crippen LogP contribution in [0.1, 0.15) is 36.1 Å². The molecule has 0 bridgehead atoms. The molecule has 0 saturated carbocycles. The van der Waals surface area contributed by atoms with Crippen molar-refractivity contribution in [3.63, 3.8) is 0 Å². The van der Waals surface area contributed by atoms with Crippen molar-refractivity contribution >= 4 is 0 Å². The van der Waals surface area contributed by atoms with Gasteiger partial charge in [-0.25, -0.2) is 4.39 Å². The van der Waals surface area contributed by atoms with E-state index in [2.05, 4.69) is 0 Å². The van der Waals surface area contributed by atoms with Gasteiger partial charge in [0.1, 0.15) is 17.7 Å². The Hall–Kier alpha value is -1.87. The number of rotatable bonds is 5. The zero-order valence-electron chi connectivity index (χ0n) is 12.8. The lowest BCUT2D eigenvalue weighted by Gasteiger charge is -2.25. The zero-order chi connectivity index (χ0) is 15.4. The minimum Gasteiger partial charge on any atom is -0.484 e. The zero-order valence-corrected chi connectivity index (χ0v) is 12.8. The second-order valence-corrected chi connectivity index (χ2v) is 5.43. The Morgan fingerprint density at radius 2 is 1.76 bits per heavy atom. The van der Waals surface area contributed by atoms with Crippen LogP contribution >= 0.6 is 0 Å². The van der Waals surface area contributed by atoms with Crippen LogP contribution in [0.15, 0.2) is 42.5 Å². The Morgan fingerprint density at radius 1 is 1.10 bits per heavy atom. The highest BCUT2D eigenvalue weighted by Crippen LogP contribution is 2.28. The van der Waals surface area contributed by atoms with E-state index in [9.17, 15) is 4.39 Å². The van der Waals surface area contributed by atoms with Crippen molar-refractivity contribution in [1.82, 2.24) is 0 Å². The van der Waals surface area contributed by atoms with Gasteiger partial charge in [0, 0.05) is 12.1 Å². The molecule has 0 spiro atoms. The Morgan fingerprint density at radius 3 is 2.38 bits per heavy atom. The third kappa shape index (κ3) is 3.82. The first-order valence-electron chi connectivity index (χ1n) is 7.26. The summed E-state index contributed by atoms with van der Waals surface area (Å²) < 4.78 is 19.5. The molecule has 0 heterocycles. The van der Waals surface area contributed by atoms with E-state index in [0.29, 0.717) is 5.75 Å². The first kappa shape index (κ1) is 15.5. The summed E-state index contributed by atoms with van der Waals surface area (Å²) in [6, 6.07) is 12.5. The minimum atomic E-state index is -0.302. The molecule has 2 unspecified atom stereocenters. The molecule has 0 aliphatic carbocycles. The summed E-state index contributed by atoms with van der Waals surface area (Å²) in [6.07, 6.45) is 0.503. The van der Waals surface area contributed by atoms with Gasteiger partial charge in [-0.3, -0.25) is 0 Å². The van der Waals surface area contributed by atoms with Crippen LogP contribution in [0.2, 0.25) is 0 Å². The molecule has 0 fully saturated rings. The van der Waals surface area contributed by atoms with Crippen molar-refractivity contribution in [2.24, 2.45) is 5.73 Å². The Labute approximate surface area is 125 Å². The van der Waals surface area contributed by atoms with E-state index in [1.807, 2.05) is 45.0 Å². The maximum atomic E-state index is 13.4. The summed E-state index contributed by atoms with van der Waals surface area (Å²) >= 11 is 0. The summed E-state index contributed by atoms with van der Waals surface area (Å²) in [5, 5.41) is 0. The van der Waals surface area contributed by atoms with Crippen LogP contribution in [0.3, 0.4) is 0 Å². The number of ether oxygens (including phenoxy) is 1. The standard InChI is InChI=1S/C18H22FNO/c1-4-16(20)18(14-8-5-12(2)6-9-14)21-17-11-15(19)10-7-13(17)3/h5-11,16,18H,4,20H2,1-3H3. The molecule has 2 N–H and O–H groups in total. The maximum absolute atomic E-state index is 13.4. The highest BCUT2D eigenvalue weighted by molar-refractivity contribution is 5.34. The topological polar surface area (TPSA) is 35.2 Å². The molecule has 0 saturated heterocycles. The van der Waals surface area contributed by atoms with Crippen LogP contribution in [0.4, 0.5) is 4.39 Å². The van der Waals surface area contributed by atoms with E-state index in [1.165, 1.54) is 17.7 Å². The van der Waals surface area contributed by atoms with E-state index in [4.69, 9.17) is 10.5 Å². The monoisotopic (exact) mass is 287 g/mol. The van der Waals surface area contributed by atoms with Gasteiger partial charge in [0.2, 0.25) is 0 Å². The molecule has 21 heavy (non-hydrogen) atoms. The van der Waals surface area contributed by atoms with E-state index < -0.39 is 0 Å². The van der Waals surface area contributed by atoms with E-state index >= 15 is 0 Å². The molecule has 0 radical (unpaired) electrons. The molecule has 0 aromatic heterocycles. The van der Waals surface area contributed by atoms with Crippen molar-refractivity contribution in [3.05, 3.63) is 65.0 Å². The molecular weight excluding hydrogens is 265 g/mol. The second-order valence-electron chi connectivity index (χ2n) is 5.43. The fourth-order valence-electron chi connectivity index (χ4n) is 2.21. The summed E-state index contributed by atoms with van der Waals surface area (Å²) in [7, 11) is 0. The van der Waals surface area contributed by atoms with E-state index in [0.717, 1.165) is 17.5 Å². The van der Waals surface area contributed by atoms with Crippen LogP contribution in [-0.2, 0) is 0 Å². The van der Waals surface area contributed by atoms with Crippen LogP contribution in [0.5, 0.6) is 5.75 Å². The lowest BCUT2D eigenvalue weighted by atomic mass is 9.99. The average molecular weight is 287 g/mol. The van der Waals surface area contributed by atoms with Gasteiger partial charge in [-0.15, -0.1) is 0 Å². The van der Waals surface area contributed by atoms with Gasteiger partial charge >= 0.3 is 0 Å². The lowest BCUT2D eigenvalue weighted by Crippen LogP contribution is -2.31. The molecule has 2 aromatic rings. The number of nitrogens with two attached hydrogens (primary N) is 1. The van der Waals surface area contributed by atoms with Gasteiger partial charge in [-0.2, -0.15) is 0 Å². The molecular formula is C18H22FNO. The van der Waals surface area contributed by atoms with Gasteiger partial charge in [0.25, 0.3) is 0 Å². The predicted molar refractivity (Wildman–Crippen MR) is 84.0 cm³/mol. The van der Waals surface area contributed by atoms with Crippen LogP contribution in [0, 0.1) is 19.7 Å². The number of benzene rings is 2. The third-order valence-corrected chi connectivity index (χ3v) is 3.67. The second kappa shape index (κ2) is 6.72. The lowest BCUT2D eigenvalue weighted by molar-refractivity contribution is 0.169. The first-order valence-corrected chi connectivity index (χ1v) is 7.26. The van der Waals surface area contributed by atoms with Crippen molar-refractivity contribution in [3.8, 4) is 5.75 Å². The largest absolute Gasteiger partial charge is 0.484 e. The van der Waals surface area contributed by atoms with Gasteiger partial charge < -0.3 is 10.5 Å². The highest BCUT2D eigenvalue weighted by Gasteiger charge is 2.21. The van der Waals surface area contributed by atoms with Crippen LogP contribution in [0.25, 0.3) is 0 Å². The first-order chi connectivity index (χ1) is 10.0. The van der Waals surface area contributed by atoms with Crippen LogP contribution in [-0.4, -0.2) is 6.04 Å². The Kier molecular flexibility index (Phi) is 4.97.